The molecule has 5 aromatic carbocycles. The zero-order chi connectivity index (χ0) is 39.5. The Morgan fingerprint density at radius 1 is 0.436 bits per heavy atom. The molecule has 0 bridgehead atoms. The van der Waals surface area contributed by atoms with Crippen molar-refractivity contribution >= 4 is 30.3 Å². The predicted molar refractivity (Wildman–Crippen MR) is 209 cm³/mol. The molecule has 0 aliphatic rings. The number of rotatable bonds is 20. The van der Waals surface area contributed by atoms with Gasteiger partial charge in [-0.15, -0.1) is 0 Å². The van der Waals surface area contributed by atoms with Crippen LogP contribution in [0.15, 0.2) is 148 Å². The van der Waals surface area contributed by atoms with Gasteiger partial charge in [0.05, 0.1) is 53.3 Å². The van der Waals surface area contributed by atoms with Gasteiger partial charge in [-0.2, -0.15) is 21.1 Å². The summed E-state index contributed by atoms with van der Waals surface area (Å²) in [6, 6.07) is 37.0. The molecule has 11 nitrogen and oxygen atoms in total. The zero-order valence-electron chi connectivity index (χ0n) is 30.9. The normalized spacial score (nSPS) is 13.5. The molecule has 0 saturated carbocycles. The maximum Gasteiger partial charge on any atom is 0.297 e. The molecule has 0 aliphatic carbocycles. The lowest BCUT2D eigenvalue weighted by Crippen LogP contribution is -2.39. The van der Waals surface area contributed by atoms with Crippen LogP contribution < -0.4 is 0 Å². The Labute approximate surface area is 324 Å². The second-order valence-electron chi connectivity index (χ2n) is 12.9. The van der Waals surface area contributed by atoms with Crippen LogP contribution in [0.4, 0.5) is 0 Å². The lowest BCUT2D eigenvalue weighted by atomic mass is 10.1. The summed E-state index contributed by atoms with van der Waals surface area (Å²) < 4.78 is 104. The lowest BCUT2D eigenvalue weighted by Gasteiger charge is -2.31. The van der Waals surface area contributed by atoms with E-state index in [9.17, 15) is 25.3 Å². The molecule has 5 rings (SSSR count). The van der Waals surface area contributed by atoms with E-state index in [1.165, 1.54) is 40.7 Å². The van der Waals surface area contributed by atoms with Gasteiger partial charge < -0.3 is 9.47 Å². The molecule has 0 radical (unpaired) electrons. The molecule has 0 unspecified atom stereocenters. The van der Waals surface area contributed by atoms with Gasteiger partial charge in [0.15, 0.2) is 0 Å². The first-order chi connectivity index (χ1) is 26.2. The quantitative estimate of drug-likeness (QED) is 0.0600. The summed E-state index contributed by atoms with van der Waals surface area (Å²) in [6.07, 6.45) is -1.71. The van der Waals surface area contributed by atoms with Gasteiger partial charge in [-0.25, -0.2) is 8.42 Å². The van der Waals surface area contributed by atoms with Crippen molar-refractivity contribution in [3.05, 3.63) is 161 Å². The van der Waals surface area contributed by atoms with Gasteiger partial charge in [-0.3, -0.25) is 8.37 Å². The summed E-state index contributed by atoms with van der Waals surface area (Å²) in [5.41, 5.74) is 3.98. The van der Waals surface area contributed by atoms with Crippen molar-refractivity contribution in [2.45, 2.75) is 47.7 Å². The van der Waals surface area contributed by atoms with E-state index < -0.39 is 42.5 Å². The molecule has 0 heterocycles. The monoisotopic (exact) mass is 807 g/mol. The second-order valence-corrected chi connectivity index (χ2v) is 18.0. The zero-order valence-corrected chi connectivity index (χ0v) is 33.3. The van der Waals surface area contributed by atoms with Gasteiger partial charge in [0.2, 0.25) is 10.0 Å². The molecule has 0 spiro atoms. The SMILES string of the molecule is Cc1ccc(S(=O)(=O)OCCO[C@@H](CN(C[C@H](OCCOS(=O)(=O)c2ccc(C)cc2)c2ccccc2)S(=O)(=O)c2ccc(C)cc2)c2ccccc2)cc1. The van der Waals surface area contributed by atoms with E-state index in [-0.39, 0.29) is 54.2 Å². The third kappa shape index (κ3) is 11.9. The van der Waals surface area contributed by atoms with E-state index in [1.54, 1.807) is 84.9 Å². The Hall–Kier alpha value is -4.25. The molecule has 14 heteroatoms. The minimum absolute atomic E-state index is 0.0122. The topological polar surface area (TPSA) is 143 Å². The summed E-state index contributed by atoms with van der Waals surface area (Å²) in [6.45, 7) is 4.21. The van der Waals surface area contributed by atoms with Gasteiger partial charge in [0, 0.05) is 13.1 Å². The minimum atomic E-state index is -4.19. The molecule has 5 aromatic rings. The van der Waals surface area contributed by atoms with E-state index in [2.05, 4.69) is 0 Å². The van der Waals surface area contributed by atoms with Crippen LogP contribution in [0.2, 0.25) is 0 Å². The van der Waals surface area contributed by atoms with Gasteiger partial charge in [0.1, 0.15) is 0 Å². The highest BCUT2D eigenvalue weighted by Crippen LogP contribution is 2.28. The van der Waals surface area contributed by atoms with Crippen molar-refractivity contribution in [3.8, 4) is 0 Å². The maximum atomic E-state index is 14.5. The Balaban J connectivity index is 1.38. The number of sulfonamides is 1. The van der Waals surface area contributed by atoms with Crippen LogP contribution in [0.5, 0.6) is 0 Å². The number of benzene rings is 5. The number of hydrogen-bond acceptors (Lipinski definition) is 10. The predicted octanol–water partition coefficient (Wildman–Crippen LogP) is 6.93. The van der Waals surface area contributed by atoms with Crippen LogP contribution in [-0.2, 0) is 48.1 Å². The molecule has 0 N–H and O–H groups in total. The molecule has 0 fully saturated rings. The van der Waals surface area contributed by atoms with Crippen LogP contribution in [-0.4, -0.2) is 69.1 Å². The van der Waals surface area contributed by atoms with Crippen LogP contribution in [0.1, 0.15) is 40.0 Å². The van der Waals surface area contributed by atoms with E-state index in [4.69, 9.17) is 17.8 Å². The highest BCUT2D eigenvalue weighted by molar-refractivity contribution is 7.89. The molecular weight excluding hydrogens is 763 g/mol. The third-order valence-corrected chi connectivity index (χ3v) is 13.1. The second kappa shape index (κ2) is 19.1. The molecule has 2 atom stereocenters. The van der Waals surface area contributed by atoms with Gasteiger partial charge >= 0.3 is 0 Å². The first-order valence-corrected chi connectivity index (χ1v) is 21.8. The fraction of sp³-hybridized carbons (Fsp3) is 0.268. The average Bonchev–Trinajstić information content (AvgIpc) is 3.17. The van der Waals surface area contributed by atoms with E-state index in [0.717, 1.165) is 16.7 Å². The van der Waals surface area contributed by atoms with Crippen molar-refractivity contribution in [2.75, 3.05) is 39.5 Å². The lowest BCUT2D eigenvalue weighted by molar-refractivity contribution is 0.000364. The summed E-state index contributed by atoms with van der Waals surface area (Å²) in [4.78, 5) is 0.0770. The first-order valence-electron chi connectivity index (χ1n) is 17.6. The largest absolute Gasteiger partial charge is 0.370 e. The van der Waals surface area contributed by atoms with Crippen LogP contribution in [0.25, 0.3) is 0 Å². The molecule has 55 heavy (non-hydrogen) atoms. The Morgan fingerprint density at radius 2 is 0.764 bits per heavy atom. The van der Waals surface area contributed by atoms with Gasteiger partial charge in [0.25, 0.3) is 20.2 Å². The Bertz CT molecular complexity index is 2160. The van der Waals surface area contributed by atoms with Crippen LogP contribution >= 0.6 is 0 Å². The number of ether oxygens (including phenoxy) is 2. The number of nitrogens with zero attached hydrogens (tertiary/aromatic N) is 1. The standard InChI is InChI=1S/C41H45NO10S3/c1-32-14-20-37(21-15-32)53(43,44)42(30-40(35-10-6-4-7-11-35)49-26-28-51-54(45,46)38-22-16-33(2)17-23-38)31-41(36-12-8-5-9-13-36)50-27-29-52-55(47,48)39-24-18-34(3)19-25-39/h4-25,40-41H,26-31H2,1-3H3/t40-,41-/m0/s1. The van der Waals surface area contributed by atoms with E-state index >= 15 is 0 Å². The fourth-order valence-electron chi connectivity index (χ4n) is 5.56. The highest BCUT2D eigenvalue weighted by atomic mass is 32.2. The number of hydrogen-bond donors (Lipinski definition) is 0. The van der Waals surface area contributed by atoms with Gasteiger partial charge in [-0.1, -0.05) is 114 Å². The van der Waals surface area contributed by atoms with Crippen molar-refractivity contribution in [1.29, 1.82) is 0 Å². The van der Waals surface area contributed by atoms with Crippen molar-refractivity contribution < 1.29 is 43.1 Å². The molecule has 0 saturated heterocycles. The van der Waals surface area contributed by atoms with E-state index in [1.807, 2.05) is 32.9 Å². The summed E-state index contributed by atoms with van der Waals surface area (Å²) in [7, 11) is -12.3. The third-order valence-electron chi connectivity index (χ3n) is 8.64. The minimum Gasteiger partial charge on any atom is -0.370 e. The summed E-state index contributed by atoms with van der Waals surface area (Å²) in [5.74, 6) is 0. The highest BCUT2D eigenvalue weighted by Gasteiger charge is 2.32. The van der Waals surface area contributed by atoms with Crippen molar-refractivity contribution in [1.82, 2.24) is 4.31 Å². The fourth-order valence-corrected chi connectivity index (χ4v) is 8.79. The smallest absolute Gasteiger partial charge is 0.297 e. The Morgan fingerprint density at radius 3 is 1.11 bits per heavy atom. The Kier molecular flexibility index (Phi) is 14.5. The summed E-state index contributed by atoms with van der Waals surface area (Å²) in [5, 5.41) is 0. The number of aryl methyl sites for hydroxylation is 3. The average molecular weight is 808 g/mol. The van der Waals surface area contributed by atoms with Gasteiger partial charge in [-0.05, 0) is 68.3 Å². The molecule has 0 aromatic heterocycles. The molecule has 292 valence electrons. The molecule has 0 amide bonds. The van der Waals surface area contributed by atoms with E-state index in [0.29, 0.717) is 11.1 Å². The van der Waals surface area contributed by atoms with Crippen LogP contribution in [0.3, 0.4) is 0 Å². The first kappa shape index (κ1) is 41.9. The van der Waals surface area contributed by atoms with Crippen molar-refractivity contribution in [2.24, 2.45) is 0 Å². The maximum absolute atomic E-state index is 14.5. The molecule has 0 aliphatic heterocycles. The van der Waals surface area contributed by atoms with Crippen LogP contribution in [0, 0.1) is 20.8 Å². The van der Waals surface area contributed by atoms with Crippen molar-refractivity contribution in [3.63, 3.8) is 0 Å². The summed E-state index contributed by atoms with van der Waals surface area (Å²) >= 11 is 0. The molecular formula is C41H45NO10S3.